The summed E-state index contributed by atoms with van der Waals surface area (Å²) in [5.74, 6) is 0.532. The second-order valence-electron chi connectivity index (χ2n) is 7.42. The average Bonchev–Trinajstić information content (AvgIpc) is 2.98. The maximum Gasteiger partial charge on any atom is 0.258 e. The Hall–Kier alpha value is -2.04. The highest BCUT2D eigenvalue weighted by Crippen LogP contribution is 2.24. The molecule has 0 spiro atoms. The molecule has 1 amide bonds. The van der Waals surface area contributed by atoms with Gasteiger partial charge in [0.05, 0.1) is 6.04 Å². The molecule has 0 radical (unpaired) electrons. The van der Waals surface area contributed by atoms with Gasteiger partial charge in [0.2, 0.25) is 0 Å². The van der Waals surface area contributed by atoms with Crippen molar-refractivity contribution in [3.8, 4) is 5.75 Å². The minimum atomic E-state index is -0.109. The topological polar surface area (TPSA) is 41.6 Å². The van der Waals surface area contributed by atoms with Crippen LogP contribution in [0.3, 0.4) is 0 Å². The van der Waals surface area contributed by atoms with Crippen molar-refractivity contribution in [3.63, 3.8) is 0 Å². The first-order valence-electron chi connectivity index (χ1n) is 10.1. The first-order valence-corrected chi connectivity index (χ1v) is 10.5. The van der Waals surface area contributed by atoms with Crippen LogP contribution in [0.5, 0.6) is 5.75 Å². The molecule has 1 aliphatic heterocycles. The van der Waals surface area contributed by atoms with Gasteiger partial charge in [-0.2, -0.15) is 0 Å². The Morgan fingerprint density at radius 1 is 1.04 bits per heavy atom. The van der Waals surface area contributed by atoms with Gasteiger partial charge in [0.1, 0.15) is 5.75 Å². The molecule has 5 heteroatoms. The zero-order valence-electron chi connectivity index (χ0n) is 16.5. The molecule has 0 saturated carbocycles. The number of halogens is 1. The Bertz CT molecular complexity index is 738. The van der Waals surface area contributed by atoms with Crippen LogP contribution in [0.1, 0.15) is 42.9 Å². The van der Waals surface area contributed by atoms with Gasteiger partial charge in [0.25, 0.3) is 5.91 Å². The van der Waals surface area contributed by atoms with Gasteiger partial charge in [0.15, 0.2) is 6.61 Å². The Morgan fingerprint density at radius 3 is 2.32 bits per heavy atom. The summed E-state index contributed by atoms with van der Waals surface area (Å²) in [6, 6.07) is 15.9. The lowest BCUT2D eigenvalue weighted by atomic mass is 10.0. The zero-order chi connectivity index (χ0) is 19.8. The number of benzene rings is 2. The maximum atomic E-state index is 12.3. The molecule has 1 unspecified atom stereocenters. The monoisotopic (exact) mass is 400 g/mol. The summed E-state index contributed by atoms with van der Waals surface area (Å²) < 4.78 is 5.56. The predicted molar refractivity (Wildman–Crippen MR) is 114 cm³/mol. The second kappa shape index (κ2) is 10.5. The summed E-state index contributed by atoms with van der Waals surface area (Å²) in [7, 11) is 0. The van der Waals surface area contributed by atoms with Crippen molar-refractivity contribution in [1.29, 1.82) is 0 Å². The van der Waals surface area contributed by atoms with Gasteiger partial charge < -0.3 is 10.1 Å². The van der Waals surface area contributed by atoms with Crippen molar-refractivity contribution in [1.82, 2.24) is 10.2 Å². The Balaban J connectivity index is 1.59. The molecule has 28 heavy (non-hydrogen) atoms. The number of hydrogen-bond acceptors (Lipinski definition) is 3. The van der Waals surface area contributed by atoms with E-state index in [1.165, 1.54) is 36.8 Å². The van der Waals surface area contributed by atoms with Crippen LogP contribution in [0, 0.1) is 6.92 Å². The van der Waals surface area contributed by atoms with Gasteiger partial charge in [-0.3, -0.25) is 9.69 Å². The van der Waals surface area contributed by atoms with Crippen LogP contribution in [0.2, 0.25) is 5.02 Å². The van der Waals surface area contributed by atoms with Gasteiger partial charge >= 0.3 is 0 Å². The number of rotatable bonds is 7. The average molecular weight is 401 g/mol. The molecule has 2 aromatic rings. The molecule has 0 aromatic heterocycles. The normalized spacial score (nSPS) is 16.2. The number of carbonyl (C=O) groups excluding carboxylic acids is 1. The molecule has 2 aromatic carbocycles. The molecule has 150 valence electrons. The van der Waals surface area contributed by atoms with Crippen LogP contribution in [0.15, 0.2) is 48.5 Å². The van der Waals surface area contributed by atoms with Gasteiger partial charge in [-0.15, -0.1) is 0 Å². The van der Waals surface area contributed by atoms with Crippen LogP contribution in [-0.4, -0.2) is 37.0 Å². The van der Waals surface area contributed by atoms with Crippen LogP contribution in [-0.2, 0) is 4.79 Å². The fraction of sp³-hybridized carbons (Fsp3) is 0.435. The molecular weight excluding hydrogens is 372 g/mol. The van der Waals surface area contributed by atoms with E-state index in [2.05, 4.69) is 41.4 Å². The van der Waals surface area contributed by atoms with E-state index in [1.54, 1.807) is 24.3 Å². The number of nitrogens with one attached hydrogen (secondary N) is 1. The van der Waals surface area contributed by atoms with Crippen molar-refractivity contribution >= 4 is 17.5 Å². The molecule has 1 saturated heterocycles. The predicted octanol–water partition coefficient (Wildman–Crippen LogP) is 4.76. The summed E-state index contributed by atoms with van der Waals surface area (Å²) >= 11 is 5.87. The third kappa shape index (κ3) is 6.25. The molecule has 1 heterocycles. The maximum absolute atomic E-state index is 12.3. The first-order chi connectivity index (χ1) is 13.6. The van der Waals surface area contributed by atoms with Crippen molar-refractivity contribution in [3.05, 3.63) is 64.7 Å². The van der Waals surface area contributed by atoms with Gasteiger partial charge in [-0.05, 0) is 62.7 Å². The van der Waals surface area contributed by atoms with Gasteiger partial charge in [-0.25, -0.2) is 0 Å². The van der Waals surface area contributed by atoms with Crippen molar-refractivity contribution in [2.75, 3.05) is 26.2 Å². The number of likely N-dealkylation sites (tertiary alicyclic amines) is 1. The third-order valence-corrected chi connectivity index (χ3v) is 5.47. The largest absolute Gasteiger partial charge is 0.484 e. The number of amides is 1. The summed E-state index contributed by atoms with van der Waals surface area (Å²) in [6.07, 6.45) is 5.02. The highest BCUT2D eigenvalue weighted by molar-refractivity contribution is 6.30. The van der Waals surface area contributed by atoms with Gasteiger partial charge in [0, 0.05) is 11.6 Å². The Labute approximate surface area is 172 Å². The van der Waals surface area contributed by atoms with E-state index in [-0.39, 0.29) is 18.6 Å². The van der Waals surface area contributed by atoms with Gasteiger partial charge in [-0.1, -0.05) is 54.3 Å². The molecule has 1 atom stereocenters. The van der Waals surface area contributed by atoms with Crippen LogP contribution in [0.4, 0.5) is 0 Å². The zero-order valence-corrected chi connectivity index (χ0v) is 17.3. The Morgan fingerprint density at radius 2 is 1.68 bits per heavy atom. The highest BCUT2D eigenvalue weighted by Gasteiger charge is 2.22. The summed E-state index contributed by atoms with van der Waals surface area (Å²) in [5, 5.41) is 3.71. The number of carbonyl (C=O) groups is 1. The Kier molecular flexibility index (Phi) is 7.75. The smallest absolute Gasteiger partial charge is 0.258 e. The molecular formula is C23H29ClN2O2. The lowest BCUT2D eigenvalue weighted by Gasteiger charge is -2.31. The van der Waals surface area contributed by atoms with Crippen molar-refractivity contribution < 1.29 is 9.53 Å². The number of aryl methyl sites for hydroxylation is 1. The van der Waals surface area contributed by atoms with Crippen LogP contribution in [0.25, 0.3) is 0 Å². The SMILES string of the molecule is Cc1ccc(C(CNC(=O)COc2ccc(Cl)cc2)N2CCCCCC2)cc1. The molecule has 0 aliphatic carbocycles. The standard InChI is InChI=1S/C23H29ClN2O2/c1-18-6-8-19(9-7-18)22(26-14-4-2-3-5-15-26)16-25-23(27)17-28-21-12-10-20(24)11-13-21/h6-13,22H,2-5,14-17H2,1H3,(H,25,27). The fourth-order valence-corrected chi connectivity index (χ4v) is 3.72. The third-order valence-electron chi connectivity index (χ3n) is 5.22. The van der Waals surface area contributed by atoms with E-state index in [4.69, 9.17) is 16.3 Å². The minimum Gasteiger partial charge on any atom is -0.484 e. The summed E-state index contributed by atoms with van der Waals surface area (Å²) in [6.45, 7) is 4.85. The molecule has 1 aliphatic rings. The van der Waals surface area contributed by atoms with E-state index >= 15 is 0 Å². The van der Waals surface area contributed by atoms with E-state index in [9.17, 15) is 4.79 Å². The number of ether oxygens (including phenoxy) is 1. The van der Waals surface area contributed by atoms with Crippen molar-refractivity contribution in [2.24, 2.45) is 0 Å². The second-order valence-corrected chi connectivity index (χ2v) is 7.86. The van der Waals surface area contributed by atoms with E-state index in [0.717, 1.165) is 13.1 Å². The highest BCUT2D eigenvalue weighted by atomic mass is 35.5. The van der Waals surface area contributed by atoms with Crippen LogP contribution < -0.4 is 10.1 Å². The van der Waals surface area contributed by atoms with Crippen LogP contribution >= 0.6 is 11.6 Å². The minimum absolute atomic E-state index is 0.00223. The lowest BCUT2D eigenvalue weighted by Crippen LogP contribution is -2.40. The quantitative estimate of drug-likeness (QED) is 0.728. The van der Waals surface area contributed by atoms with E-state index in [1.807, 2.05) is 0 Å². The van der Waals surface area contributed by atoms with E-state index < -0.39 is 0 Å². The van der Waals surface area contributed by atoms with E-state index in [0.29, 0.717) is 17.3 Å². The first kappa shape index (κ1) is 20.7. The molecule has 0 bridgehead atoms. The lowest BCUT2D eigenvalue weighted by molar-refractivity contribution is -0.123. The van der Waals surface area contributed by atoms with Crippen molar-refractivity contribution in [2.45, 2.75) is 38.6 Å². The number of nitrogens with zero attached hydrogens (tertiary/aromatic N) is 1. The molecule has 1 fully saturated rings. The molecule has 3 rings (SSSR count). The fourth-order valence-electron chi connectivity index (χ4n) is 3.59. The number of hydrogen-bond donors (Lipinski definition) is 1. The molecule has 1 N–H and O–H groups in total. The molecule has 4 nitrogen and oxygen atoms in total. The summed E-state index contributed by atoms with van der Waals surface area (Å²) in [4.78, 5) is 14.9. The summed E-state index contributed by atoms with van der Waals surface area (Å²) in [5.41, 5.74) is 2.50.